The fourth-order valence-electron chi connectivity index (χ4n) is 1.24. The van der Waals surface area contributed by atoms with Gasteiger partial charge in [-0.15, -0.1) is 0 Å². The van der Waals surface area contributed by atoms with E-state index in [0.717, 1.165) is 0 Å². The van der Waals surface area contributed by atoms with Crippen LogP contribution in [0.5, 0.6) is 0 Å². The van der Waals surface area contributed by atoms with E-state index < -0.39 is 11.6 Å². The molecule has 0 aromatic heterocycles. The van der Waals surface area contributed by atoms with Crippen molar-refractivity contribution in [3.63, 3.8) is 0 Å². The van der Waals surface area contributed by atoms with Crippen molar-refractivity contribution in [3.05, 3.63) is 39.8 Å². The van der Waals surface area contributed by atoms with Gasteiger partial charge in [0.2, 0.25) is 0 Å². The number of rotatable bonds is 2. The monoisotopic (exact) mass is 244 g/mol. The van der Waals surface area contributed by atoms with Gasteiger partial charge in [0.25, 0.3) is 0 Å². The van der Waals surface area contributed by atoms with E-state index in [0.29, 0.717) is 5.56 Å². The minimum absolute atomic E-state index is 0.0887. The predicted molar refractivity (Wildman–Crippen MR) is 65.1 cm³/mol. The first-order chi connectivity index (χ1) is 8.37. The zero-order chi connectivity index (χ0) is 13.8. The Labute approximate surface area is 104 Å². The number of hydrogen-bond acceptors (Lipinski definition) is 4. The molecular formula is C12H12N4O2. The van der Waals surface area contributed by atoms with Crippen LogP contribution in [0.15, 0.2) is 23.3 Å². The molecule has 0 radical (unpaired) electrons. The molecule has 0 aliphatic heterocycles. The number of ether oxygens (including phenoxy) is 1. The molecule has 0 saturated heterocycles. The molecule has 0 heterocycles. The summed E-state index contributed by atoms with van der Waals surface area (Å²) in [7, 11) is 0. The van der Waals surface area contributed by atoms with Gasteiger partial charge in [0.1, 0.15) is 5.60 Å². The molecule has 1 aromatic rings. The Morgan fingerprint density at radius 2 is 2.17 bits per heavy atom. The fraction of sp³-hybridized carbons (Fsp3) is 0.333. The van der Waals surface area contributed by atoms with Crippen molar-refractivity contribution >= 4 is 11.7 Å². The van der Waals surface area contributed by atoms with Gasteiger partial charge in [0.05, 0.1) is 22.9 Å². The van der Waals surface area contributed by atoms with Crippen LogP contribution in [0.25, 0.3) is 10.4 Å². The van der Waals surface area contributed by atoms with Gasteiger partial charge >= 0.3 is 5.97 Å². The highest BCUT2D eigenvalue weighted by Crippen LogP contribution is 2.23. The van der Waals surface area contributed by atoms with E-state index in [4.69, 9.17) is 15.5 Å². The van der Waals surface area contributed by atoms with E-state index in [2.05, 4.69) is 10.0 Å². The first-order valence-corrected chi connectivity index (χ1v) is 5.20. The molecule has 92 valence electrons. The van der Waals surface area contributed by atoms with Crippen molar-refractivity contribution in [2.45, 2.75) is 26.4 Å². The summed E-state index contributed by atoms with van der Waals surface area (Å²) < 4.78 is 5.18. The van der Waals surface area contributed by atoms with E-state index in [-0.39, 0.29) is 11.3 Å². The zero-order valence-corrected chi connectivity index (χ0v) is 10.3. The van der Waals surface area contributed by atoms with Crippen LogP contribution in [0.3, 0.4) is 0 Å². The molecule has 6 nitrogen and oxygen atoms in total. The van der Waals surface area contributed by atoms with Gasteiger partial charge in [0.15, 0.2) is 0 Å². The molecular weight excluding hydrogens is 232 g/mol. The van der Waals surface area contributed by atoms with Crippen molar-refractivity contribution < 1.29 is 9.53 Å². The third kappa shape index (κ3) is 3.51. The summed E-state index contributed by atoms with van der Waals surface area (Å²) in [6.07, 6.45) is 0. The molecule has 0 aliphatic carbocycles. The van der Waals surface area contributed by atoms with Crippen LogP contribution >= 0.6 is 0 Å². The van der Waals surface area contributed by atoms with Crippen LogP contribution in [-0.4, -0.2) is 11.6 Å². The van der Waals surface area contributed by atoms with Crippen LogP contribution in [0.4, 0.5) is 5.69 Å². The number of esters is 1. The first kappa shape index (κ1) is 13.6. The van der Waals surface area contributed by atoms with Crippen LogP contribution in [-0.2, 0) is 4.74 Å². The number of carbonyl (C=O) groups is 1. The minimum Gasteiger partial charge on any atom is -0.456 e. The van der Waals surface area contributed by atoms with Crippen molar-refractivity contribution in [3.8, 4) is 6.07 Å². The summed E-state index contributed by atoms with van der Waals surface area (Å²) in [6, 6.07) is 6.13. The molecule has 0 spiro atoms. The highest BCUT2D eigenvalue weighted by molar-refractivity contribution is 5.95. The van der Waals surface area contributed by atoms with Gasteiger partial charge in [-0.25, -0.2) is 4.79 Å². The quantitative estimate of drug-likeness (QED) is 0.344. The molecule has 0 bridgehead atoms. The Morgan fingerprint density at radius 1 is 1.50 bits per heavy atom. The molecule has 18 heavy (non-hydrogen) atoms. The smallest absolute Gasteiger partial charge is 0.339 e. The van der Waals surface area contributed by atoms with Gasteiger partial charge < -0.3 is 4.74 Å². The van der Waals surface area contributed by atoms with Gasteiger partial charge in [-0.1, -0.05) is 5.11 Å². The predicted octanol–water partition coefficient (Wildman–Crippen LogP) is 3.46. The number of nitrogens with zero attached hydrogens (tertiary/aromatic N) is 4. The van der Waals surface area contributed by atoms with E-state index in [9.17, 15) is 4.79 Å². The highest BCUT2D eigenvalue weighted by atomic mass is 16.6. The number of benzene rings is 1. The van der Waals surface area contributed by atoms with Gasteiger partial charge in [-0.2, -0.15) is 5.26 Å². The lowest BCUT2D eigenvalue weighted by Crippen LogP contribution is -2.23. The SMILES string of the molecule is CC(C)(C)OC(=O)c1ccc(C#N)cc1N=[N+]=[N-]. The Morgan fingerprint density at radius 3 is 2.67 bits per heavy atom. The second-order valence-corrected chi connectivity index (χ2v) is 4.54. The highest BCUT2D eigenvalue weighted by Gasteiger charge is 2.20. The lowest BCUT2D eigenvalue weighted by Gasteiger charge is -2.20. The van der Waals surface area contributed by atoms with Crippen LogP contribution in [0.1, 0.15) is 36.7 Å². The third-order valence-electron chi connectivity index (χ3n) is 1.90. The summed E-state index contributed by atoms with van der Waals surface area (Å²) in [5.41, 5.74) is 8.34. The second-order valence-electron chi connectivity index (χ2n) is 4.54. The number of carbonyl (C=O) groups excluding carboxylic acids is 1. The van der Waals surface area contributed by atoms with E-state index in [1.807, 2.05) is 6.07 Å². The number of hydrogen-bond donors (Lipinski definition) is 0. The molecule has 0 aliphatic rings. The fourth-order valence-corrected chi connectivity index (χ4v) is 1.24. The Bertz CT molecular complexity index is 560. The maximum atomic E-state index is 11.9. The van der Waals surface area contributed by atoms with Crippen LogP contribution < -0.4 is 0 Å². The summed E-state index contributed by atoms with van der Waals surface area (Å²) in [5.74, 6) is -0.589. The number of nitriles is 1. The molecule has 1 aromatic carbocycles. The largest absolute Gasteiger partial charge is 0.456 e. The van der Waals surface area contributed by atoms with Gasteiger partial charge in [-0.05, 0) is 44.5 Å². The molecule has 0 fully saturated rings. The molecule has 1 rings (SSSR count). The maximum Gasteiger partial charge on any atom is 0.339 e. The maximum absolute atomic E-state index is 11.9. The number of azide groups is 1. The van der Waals surface area contributed by atoms with Crippen LogP contribution in [0, 0.1) is 11.3 Å². The molecule has 0 unspecified atom stereocenters. The first-order valence-electron chi connectivity index (χ1n) is 5.20. The van der Waals surface area contributed by atoms with Crippen molar-refractivity contribution in [2.24, 2.45) is 5.11 Å². The minimum atomic E-state index is -0.640. The third-order valence-corrected chi connectivity index (χ3v) is 1.90. The van der Waals surface area contributed by atoms with Crippen molar-refractivity contribution in [1.29, 1.82) is 5.26 Å². The average Bonchev–Trinajstić information content (AvgIpc) is 2.27. The second kappa shape index (κ2) is 5.21. The van der Waals surface area contributed by atoms with Crippen molar-refractivity contribution in [2.75, 3.05) is 0 Å². The standard InChI is InChI=1S/C12H12N4O2/c1-12(2,3)18-11(17)9-5-4-8(7-13)6-10(9)15-16-14/h4-6H,1-3H3. The van der Waals surface area contributed by atoms with E-state index in [1.165, 1.54) is 18.2 Å². The zero-order valence-electron chi connectivity index (χ0n) is 10.3. The summed E-state index contributed by atoms with van der Waals surface area (Å²) in [5, 5.41) is 12.1. The molecule has 0 saturated carbocycles. The molecule has 0 amide bonds. The summed E-state index contributed by atoms with van der Waals surface area (Å²) in [4.78, 5) is 14.5. The average molecular weight is 244 g/mol. The lowest BCUT2D eigenvalue weighted by molar-refractivity contribution is 0.00706. The normalized spacial score (nSPS) is 10.1. The van der Waals surface area contributed by atoms with Gasteiger partial charge in [0, 0.05) is 4.91 Å². The molecule has 0 atom stereocenters. The molecule has 6 heteroatoms. The van der Waals surface area contributed by atoms with E-state index >= 15 is 0 Å². The topological polar surface area (TPSA) is 98.9 Å². The van der Waals surface area contributed by atoms with Crippen molar-refractivity contribution in [1.82, 2.24) is 0 Å². The van der Waals surface area contributed by atoms with E-state index in [1.54, 1.807) is 20.8 Å². The lowest BCUT2D eigenvalue weighted by atomic mass is 10.1. The Balaban J connectivity index is 3.20. The molecule has 0 N–H and O–H groups in total. The van der Waals surface area contributed by atoms with Gasteiger partial charge in [-0.3, -0.25) is 0 Å². The summed E-state index contributed by atoms with van der Waals surface area (Å²) in [6.45, 7) is 5.21. The Kier molecular flexibility index (Phi) is 3.93. The van der Waals surface area contributed by atoms with Crippen LogP contribution in [0.2, 0.25) is 0 Å². The summed E-state index contributed by atoms with van der Waals surface area (Å²) >= 11 is 0. The Hall–Kier alpha value is -2.51.